The number of benzene rings is 3. The SMILES string of the molecule is CC1=NC(SCC(=O)c2ccc(Br)cc2)=C(C#N)[C@@H](c2ccccc2Cl)C1C(=O)Nc1ccccc1. The Labute approximate surface area is 227 Å². The molecule has 0 saturated heterocycles. The second-order valence-corrected chi connectivity index (χ2v) is 10.4. The molecular weight excluding hydrogens is 558 g/mol. The van der Waals surface area contributed by atoms with Crippen molar-refractivity contribution in [3.8, 4) is 6.07 Å². The van der Waals surface area contributed by atoms with Crippen molar-refractivity contribution < 1.29 is 9.59 Å². The van der Waals surface area contributed by atoms with E-state index in [0.29, 0.717) is 38.2 Å². The highest BCUT2D eigenvalue weighted by atomic mass is 79.9. The molecule has 0 fully saturated rings. The predicted octanol–water partition coefficient (Wildman–Crippen LogP) is 7.27. The summed E-state index contributed by atoms with van der Waals surface area (Å²) in [5.41, 5.74) is 2.75. The van der Waals surface area contributed by atoms with Gasteiger partial charge in [-0.1, -0.05) is 87.8 Å². The van der Waals surface area contributed by atoms with E-state index >= 15 is 0 Å². The van der Waals surface area contributed by atoms with Gasteiger partial charge in [0.15, 0.2) is 5.78 Å². The van der Waals surface area contributed by atoms with E-state index in [2.05, 4.69) is 32.3 Å². The Kier molecular flexibility index (Phi) is 8.42. The number of hydrogen-bond donors (Lipinski definition) is 1. The summed E-state index contributed by atoms with van der Waals surface area (Å²) in [4.78, 5) is 30.9. The maximum absolute atomic E-state index is 13.5. The molecule has 180 valence electrons. The number of amides is 1. The number of Topliss-reactive ketones (excluding diaryl/α,β-unsaturated/α-hetero) is 1. The van der Waals surface area contributed by atoms with Gasteiger partial charge in [-0.25, -0.2) is 4.99 Å². The average Bonchev–Trinajstić information content (AvgIpc) is 2.88. The molecule has 1 amide bonds. The Hall–Kier alpha value is -3.18. The molecule has 3 aromatic carbocycles. The number of carbonyl (C=O) groups excluding carboxylic acids is 2. The van der Waals surface area contributed by atoms with Crippen molar-refractivity contribution >= 4 is 62.4 Å². The molecule has 1 aliphatic heterocycles. The number of nitrogens with zero attached hydrogens (tertiary/aromatic N) is 2. The van der Waals surface area contributed by atoms with Crippen molar-refractivity contribution in [2.75, 3.05) is 11.1 Å². The molecule has 0 aliphatic carbocycles. The van der Waals surface area contributed by atoms with Crippen LogP contribution in [0.25, 0.3) is 0 Å². The quantitative estimate of drug-likeness (QED) is 0.299. The smallest absolute Gasteiger partial charge is 0.234 e. The van der Waals surface area contributed by atoms with Crippen molar-refractivity contribution in [3.05, 3.63) is 110 Å². The fourth-order valence-electron chi connectivity index (χ4n) is 4.06. The molecule has 1 heterocycles. The van der Waals surface area contributed by atoms with Gasteiger partial charge in [0.05, 0.1) is 23.3 Å². The number of thioether (sulfide) groups is 1. The van der Waals surface area contributed by atoms with Gasteiger partial charge in [-0.15, -0.1) is 0 Å². The number of ketones is 1. The lowest BCUT2D eigenvalue weighted by atomic mass is 9.76. The van der Waals surface area contributed by atoms with Crippen molar-refractivity contribution in [1.29, 1.82) is 5.26 Å². The first-order valence-corrected chi connectivity index (χ1v) is 13.3. The molecule has 0 saturated carbocycles. The van der Waals surface area contributed by atoms with E-state index in [-0.39, 0.29) is 17.4 Å². The van der Waals surface area contributed by atoms with Gasteiger partial charge in [0.2, 0.25) is 5.91 Å². The Balaban J connectivity index is 1.69. The highest BCUT2D eigenvalue weighted by Crippen LogP contribution is 2.44. The molecule has 2 atom stereocenters. The number of halogens is 2. The maximum Gasteiger partial charge on any atom is 0.234 e. The Morgan fingerprint density at radius 2 is 1.72 bits per heavy atom. The van der Waals surface area contributed by atoms with E-state index < -0.39 is 11.8 Å². The average molecular weight is 579 g/mol. The third kappa shape index (κ3) is 5.79. The molecule has 8 heteroatoms. The zero-order valence-corrected chi connectivity index (χ0v) is 22.4. The predicted molar refractivity (Wildman–Crippen MR) is 149 cm³/mol. The number of anilines is 1. The Bertz CT molecular complexity index is 1400. The van der Waals surface area contributed by atoms with Crippen LogP contribution in [0, 0.1) is 17.2 Å². The molecule has 3 aromatic rings. The van der Waals surface area contributed by atoms with Crippen LogP contribution < -0.4 is 5.32 Å². The molecule has 1 N–H and O–H groups in total. The molecule has 1 aliphatic rings. The maximum atomic E-state index is 13.5. The summed E-state index contributed by atoms with van der Waals surface area (Å²) in [6.07, 6.45) is 0. The van der Waals surface area contributed by atoms with Gasteiger partial charge in [-0.2, -0.15) is 5.26 Å². The summed E-state index contributed by atoms with van der Waals surface area (Å²) in [5, 5.41) is 14.0. The number of allylic oxidation sites excluding steroid dienone is 1. The van der Waals surface area contributed by atoms with Gasteiger partial charge in [0, 0.05) is 32.4 Å². The first kappa shape index (κ1) is 25.9. The Morgan fingerprint density at radius 1 is 1.06 bits per heavy atom. The van der Waals surface area contributed by atoms with E-state index in [4.69, 9.17) is 11.6 Å². The third-order valence-electron chi connectivity index (χ3n) is 5.79. The van der Waals surface area contributed by atoms with Gasteiger partial charge in [0.25, 0.3) is 0 Å². The van der Waals surface area contributed by atoms with Crippen molar-refractivity contribution in [3.63, 3.8) is 0 Å². The van der Waals surface area contributed by atoms with Gasteiger partial charge in [0.1, 0.15) is 5.03 Å². The lowest BCUT2D eigenvalue weighted by molar-refractivity contribution is -0.118. The summed E-state index contributed by atoms with van der Waals surface area (Å²) in [7, 11) is 0. The van der Waals surface area contributed by atoms with Crippen molar-refractivity contribution in [2.24, 2.45) is 10.9 Å². The van der Waals surface area contributed by atoms with Gasteiger partial charge < -0.3 is 5.32 Å². The number of carbonyl (C=O) groups is 2. The number of nitrogens with one attached hydrogen (secondary N) is 1. The molecule has 4 rings (SSSR count). The van der Waals surface area contributed by atoms with E-state index in [9.17, 15) is 14.9 Å². The molecular formula is C28H21BrClN3O2S. The zero-order chi connectivity index (χ0) is 25.7. The highest BCUT2D eigenvalue weighted by Gasteiger charge is 2.40. The van der Waals surface area contributed by atoms with Crippen LogP contribution in [0.5, 0.6) is 0 Å². The van der Waals surface area contributed by atoms with E-state index in [1.807, 2.05) is 42.5 Å². The number of aliphatic imine (C=N–C) groups is 1. The summed E-state index contributed by atoms with van der Waals surface area (Å²) < 4.78 is 0.885. The monoisotopic (exact) mass is 577 g/mol. The van der Waals surface area contributed by atoms with E-state index in [1.165, 1.54) is 11.8 Å². The molecule has 0 bridgehead atoms. The third-order valence-corrected chi connectivity index (χ3v) is 7.66. The summed E-state index contributed by atoms with van der Waals surface area (Å²) >= 11 is 11.1. The van der Waals surface area contributed by atoms with E-state index in [0.717, 1.165) is 4.47 Å². The van der Waals surface area contributed by atoms with Crippen molar-refractivity contribution in [2.45, 2.75) is 12.8 Å². The summed E-state index contributed by atoms with van der Waals surface area (Å²) in [6.45, 7) is 1.77. The first-order valence-electron chi connectivity index (χ1n) is 11.1. The minimum atomic E-state index is -0.744. The van der Waals surface area contributed by atoms with Crippen LogP contribution in [0.3, 0.4) is 0 Å². The molecule has 0 aromatic heterocycles. The van der Waals surface area contributed by atoms with Crippen molar-refractivity contribution in [1.82, 2.24) is 0 Å². The number of hydrogen-bond acceptors (Lipinski definition) is 5. The molecule has 0 spiro atoms. The van der Waals surface area contributed by atoms with Crippen LogP contribution in [0.4, 0.5) is 5.69 Å². The molecule has 5 nitrogen and oxygen atoms in total. The number of nitriles is 1. The molecule has 36 heavy (non-hydrogen) atoms. The second kappa shape index (κ2) is 11.7. The molecule has 1 unspecified atom stereocenters. The summed E-state index contributed by atoms with van der Waals surface area (Å²) in [6, 6.07) is 25.7. The lowest BCUT2D eigenvalue weighted by Gasteiger charge is -2.31. The standard InChI is InChI=1S/C28H21BrClN3O2S/c1-17-25(27(35)33-20-7-3-2-4-8-20)26(21-9-5-6-10-23(21)30)22(15-31)28(32-17)36-16-24(34)18-11-13-19(29)14-12-18/h2-14,25-26H,16H2,1H3,(H,33,35)/t25?,26-/m1/s1. The van der Waals surface area contributed by atoms with Gasteiger partial charge in [-0.05, 0) is 42.8 Å². The lowest BCUT2D eigenvalue weighted by Crippen LogP contribution is -2.36. The molecule has 0 radical (unpaired) electrons. The van der Waals surface area contributed by atoms with E-state index in [1.54, 1.807) is 43.3 Å². The zero-order valence-electron chi connectivity index (χ0n) is 19.2. The van der Waals surface area contributed by atoms with Crippen LogP contribution in [0.2, 0.25) is 5.02 Å². The minimum Gasteiger partial charge on any atom is -0.325 e. The largest absolute Gasteiger partial charge is 0.325 e. The normalized spacial score (nSPS) is 17.2. The number of rotatable bonds is 7. The fraction of sp³-hybridized carbons (Fsp3) is 0.143. The van der Waals surface area contributed by atoms with Gasteiger partial charge in [-0.3, -0.25) is 9.59 Å². The van der Waals surface area contributed by atoms with Gasteiger partial charge >= 0.3 is 0 Å². The second-order valence-electron chi connectivity index (χ2n) is 8.13. The number of para-hydroxylation sites is 1. The minimum absolute atomic E-state index is 0.0802. The van der Waals surface area contributed by atoms with Crippen LogP contribution in [-0.4, -0.2) is 23.2 Å². The summed E-state index contributed by atoms with van der Waals surface area (Å²) in [5.74, 6) is -1.64. The first-order chi connectivity index (χ1) is 17.4. The van der Waals surface area contributed by atoms with Crippen LogP contribution in [-0.2, 0) is 4.79 Å². The van der Waals surface area contributed by atoms with Crippen LogP contribution >= 0.6 is 39.3 Å². The van der Waals surface area contributed by atoms with Crippen LogP contribution in [0.1, 0.15) is 28.8 Å². The highest BCUT2D eigenvalue weighted by molar-refractivity contribution is 9.10. The fourth-order valence-corrected chi connectivity index (χ4v) is 5.54. The Morgan fingerprint density at radius 3 is 2.39 bits per heavy atom. The topological polar surface area (TPSA) is 82.3 Å². The van der Waals surface area contributed by atoms with Crippen LogP contribution in [0.15, 0.2) is 98.9 Å².